The van der Waals surface area contributed by atoms with Crippen molar-refractivity contribution in [3.8, 4) is 6.07 Å². The predicted octanol–water partition coefficient (Wildman–Crippen LogP) is 1.06. The second-order valence-electron chi connectivity index (χ2n) is 2.65. The third kappa shape index (κ3) is 1.69. The largest absolute Gasteiger partial charge is 0.393 e. The Morgan fingerprint density at radius 1 is 1.44 bits per heavy atom. The molecule has 2 nitrogen and oxygen atoms in total. The highest BCUT2D eigenvalue weighted by Crippen LogP contribution is 2.22. The van der Waals surface area contributed by atoms with Crippen LogP contribution in [0.2, 0.25) is 0 Å². The van der Waals surface area contributed by atoms with E-state index in [1.54, 1.807) is 0 Å². The van der Waals surface area contributed by atoms with Crippen molar-refractivity contribution < 1.29 is 5.11 Å². The van der Waals surface area contributed by atoms with Gasteiger partial charge in [-0.15, -0.1) is 0 Å². The van der Waals surface area contributed by atoms with Crippen LogP contribution in [0.4, 0.5) is 0 Å². The van der Waals surface area contributed by atoms with Crippen LogP contribution in [0.15, 0.2) is 0 Å². The first kappa shape index (κ1) is 6.57. The molecular weight excluding hydrogens is 114 g/mol. The van der Waals surface area contributed by atoms with Gasteiger partial charge in [-0.05, 0) is 25.7 Å². The number of hydrogen-bond acceptors (Lipinski definition) is 2. The van der Waals surface area contributed by atoms with Gasteiger partial charge in [-0.3, -0.25) is 0 Å². The van der Waals surface area contributed by atoms with Gasteiger partial charge in [0.25, 0.3) is 0 Å². The first-order valence-electron chi connectivity index (χ1n) is 3.40. The van der Waals surface area contributed by atoms with E-state index in [2.05, 4.69) is 6.07 Å². The van der Waals surface area contributed by atoms with Crippen molar-refractivity contribution in [2.75, 3.05) is 0 Å². The average molecular weight is 125 g/mol. The average Bonchev–Trinajstić information content (AvgIpc) is 1.88. The lowest BCUT2D eigenvalue weighted by molar-refractivity contribution is 0.115. The molecule has 1 aliphatic rings. The summed E-state index contributed by atoms with van der Waals surface area (Å²) in [6.07, 6.45) is 3.37. The Labute approximate surface area is 55.1 Å². The van der Waals surface area contributed by atoms with Gasteiger partial charge in [0.1, 0.15) is 0 Å². The molecule has 1 N–H and O–H groups in total. The zero-order chi connectivity index (χ0) is 6.69. The molecule has 0 unspecified atom stereocenters. The van der Waals surface area contributed by atoms with Crippen LogP contribution in [0.5, 0.6) is 0 Å². The minimum atomic E-state index is -0.205. The van der Waals surface area contributed by atoms with Gasteiger partial charge in [0.2, 0.25) is 0 Å². The number of nitrogens with zero attached hydrogens (tertiary/aromatic N) is 1. The molecule has 0 bridgehead atoms. The normalized spacial score (nSPS) is 35.6. The van der Waals surface area contributed by atoms with E-state index in [1.165, 1.54) is 0 Å². The van der Waals surface area contributed by atoms with Crippen LogP contribution in [-0.2, 0) is 0 Å². The van der Waals surface area contributed by atoms with Gasteiger partial charge in [0.05, 0.1) is 12.2 Å². The summed E-state index contributed by atoms with van der Waals surface area (Å²) >= 11 is 0. The fourth-order valence-electron chi connectivity index (χ4n) is 1.28. The van der Waals surface area contributed by atoms with Crippen LogP contribution < -0.4 is 0 Å². The van der Waals surface area contributed by atoms with Gasteiger partial charge in [-0.25, -0.2) is 0 Å². The molecule has 1 aliphatic carbocycles. The Hall–Kier alpha value is -0.550. The molecule has 0 radical (unpaired) electrons. The van der Waals surface area contributed by atoms with Gasteiger partial charge < -0.3 is 5.11 Å². The topological polar surface area (TPSA) is 44.0 Å². The predicted molar refractivity (Wildman–Crippen MR) is 33.6 cm³/mol. The van der Waals surface area contributed by atoms with Gasteiger partial charge in [0.15, 0.2) is 0 Å². The Balaban J connectivity index is 2.34. The third-order valence-electron chi connectivity index (χ3n) is 1.83. The Morgan fingerprint density at radius 2 is 2.22 bits per heavy atom. The smallest absolute Gasteiger partial charge is 0.0656 e. The lowest BCUT2D eigenvalue weighted by Crippen LogP contribution is -2.17. The highest BCUT2D eigenvalue weighted by Gasteiger charge is 2.18. The maximum atomic E-state index is 9.06. The monoisotopic (exact) mass is 125 g/mol. The Kier molecular flexibility index (Phi) is 2.07. The molecule has 0 aromatic heterocycles. The third-order valence-corrected chi connectivity index (χ3v) is 1.83. The van der Waals surface area contributed by atoms with Crippen molar-refractivity contribution in [2.24, 2.45) is 5.92 Å². The molecule has 0 aliphatic heterocycles. The molecule has 9 heavy (non-hydrogen) atoms. The second kappa shape index (κ2) is 2.84. The molecule has 0 aromatic carbocycles. The van der Waals surface area contributed by atoms with E-state index in [4.69, 9.17) is 10.4 Å². The van der Waals surface area contributed by atoms with E-state index in [0.717, 1.165) is 19.3 Å². The van der Waals surface area contributed by atoms with Gasteiger partial charge >= 0.3 is 0 Å². The number of aliphatic hydroxyl groups is 1. The SMILES string of the molecule is N#C[C@@H]1CCC[C@H](O)C1. The highest BCUT2D eigenvalue weighted by atomic mass is 16.3. The summed E-state index contributed by atoms with van der Waals surface area (Å²) in [5, 5.41) is 17.5. The molecule has 0 amide bonds. The van der Waals surface area contributed by atoms with Crippen molar-refractivity contribution in [3.05, 3.63) is 0 Å². The maximum absolute atomic E-state index is 9.06. The molecule has 2 atom stereocenters. The Bertz CT molecular complexity index is 127. The van der Waals surface area contributed by atoms with Crippen molar-refractivity contribution in [1.29, 1.82) is 5.26 Å². The molecule has 0 aromatic rings. The summed E-state index contributed by atoms with van der Waals surface area (Å²) in [5.41, 5.74) is 0. The van der Waals surface area contributed by atoms with Gasteiger partial charge in [-0.1, -0.05) is 0 Å². The summed E-state index contributed by atoms with van der Waals surface area (Å²) in [6.45, 7) is 0. The summed E-state index contributed by atoms with van der Waals surface area (Å²) in [5.74, 6) is 0.119. The van der Waals surface area contributed by atoms with E-state index < -0.39 is 0 Å². The van der Waals surface area contributed by atoms with Crippen LogP contribution in [-0.4, -0.2) is 11.2 Å². The molecule has 1 rings (SSSR count). The highest BCUT2D eigenvalue weighted by molar-refractivity contribution is 4.87. The molecule has 1 saturated carbocycles. The molecule has 0 saturated heterocycles. The van der Waals surface area contributed by atoms with Crippen LogP contribution in [0.1, 0.15) is 25.7 Å². The van der Waals surface area contributed by atoms with Gasteiger partial charge in [-0.2, -0.15) is 5.26 Å². The van der Waals surface area contributed by atoms with E-state index in [9.17, 15) is 0 Å². The molecule has 50 valence electrons. The fourth-order valence-corrected chi connectivity index (χ4v) is 1.28. The van der Waals surface area contributed by atoms with E-state index in [0.29, 0.717) is 6.42 Å². The van der Waals surface area contributed by atoms with E-state index in [-0.39, 0.29) is 12.0 Å². The zero-order valence-electron chi connectivity index (χ0n) is 5.38. The molecular formula is C7H11NO. The molecule has 0 spiro atoms. The van der Waals surface area contributed by atoms with Crippen LogP contribution >= 0.6 is 0 Å². The summed E-state index contributed by atoms with van der Waals surface area (Å²) in [7, 11) is 0. The quantitative estimate of drug-likeness (QED) is 0.526. The molecule has 2 heteroatoms. The zero-order valence-corrected chi connectivity index (χ0v) is 5.38. The minimum absolute atomic E-state index is 0.119. The lowest BCUT2D eigenvalue weighted by Gasteiger charge is -2.19. The first-order chi connectivity index (χ1) is 4.33. The van der Waals surface area contributed by atoms with Crippen molar-refractivity contribution in [2.45, 2.75) is 31.8 Å². The van der Waals surface area contributed by atoms with Crippen molar-refractivity contribution in [1.82, 2.24) is 0 Å². The van der Waals surface area contributed by atoms with Crippen LogP contribution in [0.3, 0.4) is 0 Å². The van der Waals surface area contributed by atoms with Crippen LogP contribution in [0, 0.1) is 17.2 Å². The Morgan fingerprint density at radius 3 is 2.67 bits per heavy atom. The summed E-state index contributed by atoms with van der Waals surface area (Å²) < 4.78 is 0. The van der Waals surface area contributed by atoms with Crippen LogP contribution in [0.25, 0.3) is 0 Å². The number of aliphatic hydroxyl groups excluding tert-OH is 1. The second-order valence-corrected chi connectivity index (χ2v) is 2.65. The number of nitriles is 1. The number of rotatable bonds is 0. The minimum Gasteiger partial charge on any atom is -0.393 e. The van der Waals surface area contributed by atoms with E-state index >= 15 is 0 Å². The first-order valence-corrected chi connectivity index (χ1v) is 3.40. The lowest BCUT2D eigenvalue weighted by atomic mass is 9.88. The standard InChI is InChI=1S/C7H11NO/c8-5-6-2-1-3-7(9)4-6/h6-7,9H,1-4H2/t6-,7+/m1/s1. The van der Waals surface area contributed by atoms with E-state index in [1.807, 2.05) is 0 Å². The number of hydrogen-bond donors (Lipinski definition) is 1. The van der Waals surface area contributed by atoms with Crippen molar-refractivity contribution >= 4 is 0 Å². The fraction of sp³-hybridized carbons (Fsp3) is 0.857. The summed E-state index contributed by atoms with van der Waals surface area (Å²) in [4.78, 5) is 0. The molecule has 1 fully saturated rings. The molecule has 0 heterocycles. The summed E-state index contributed by atoms with van der Waals surface area (Å²) in [6, 6.07) is 2.17. The van der Waals surface area contributed by atoms with Crippen molar-refractivity contribution in [3.63, 3.8) is 0 Å². The maximum Gasteiger partial charge on any atom is 0.0656 e. The van der Waals surface area contributed by atoms with Gasteiger partial charge in [0, 0.05) is 5.92 Å².